The lowest BCUT2D eigenvalue weighted by molar-refractivity contribution is -0.120. The predicted octanol–water partition coefficient (Wildman–Crippen LogP) is 1.77. The molecule has 0 saturated carbocycles. The van der Waals surface area contributed by atoms with E-state index in [9.17, 15) is 22.0 Å². The number of halogens is 2. The van der Waals surface area contributed by atoms with Crippen LogP contribution in [0.2, 0.25) is 0 Å². The number of sulfonamides is 1. The molecule has 0 aliphatic rings. The lowest BCUT2D eigenvalue weighted by atomic mass is 10.1. The van der Waals surface area contributed by atoms with Gasteiger partial charge in [-0.1, -0.05) is 12.1 Å². The summed E-state index contributed by atoms with van der Waals surface area (Å²) in [6, 6.07) is 9.25. The van der Waals surface area contributed by atoms with Crippen LogP contribution in [0.4, 0.5) is 14.5 Å². The lowest BCUT2D eigenvalue weighted by Gasteiger charge is -2.09. The van der Waals surface area contributed by atoms with Crippen LogP contribution in [0, 0.1) is 11.6 Å². The van der Waals surface area contributed by atoms with Gasteiger partial charge in [0.05, 0.1) is 10.6 Å². The van der Waals surface area contributed by atoms with Gasteiger partial charge in [0.1, 0.15) is 11.6 Å². The van der Waals surface area contributed by atoms with Gasteiger partial charge in [0.15, 0.2) is 0 Å². The quantitative estimate of drug-likeness (QED) is 0.647. The van der Waals surface area contributed by atoms with E-state index >= 15 is 0 Å². The SMILES string of the molecule is NS(=O)(=O)c1ccc(CCNC(=O)CCNc2ccc(F)cc2F)cc1. The minimum Gasteiger partial charge on any atom is -0.382 e. The van der Waals surface area contributed by atoms with E-state index in [4.69, 9.17) is 5.14 Å². The predicted molar refractivity (Wildman–Crippen MR) is 94.0 cm³/mol. The van der Waals surface area contributed by atoms with E-state index in [1.807, 2.05) is 0 Å². The molecule has 0 aliphatic carbocycles. The van der Waals surface area contributed by atoms with Gasteiger partial charge in [-0.05, 0) is 36.2 Å². The van der Waals surface area contributed by atoms with E-state index < -0.39 is 21.7 Å². The summed E-state index contributed by atoms with van der Waals surface area (Å²) in [5.74, 6) is -1.60. The Bertz CT molecular complexity index is 871. The number of nitrogens with two attached hydrogens (primary N) is 1. The van der Waals surface area contributed by atoms with Crippen molar-refractivity contribution in [3.05, 3.63) is 59.7 Å². The Balaban J connectivity index is 1.70. The van der Waals surface area contributed by atoms with Crippen LogP contribution in [-0.4, -0.2) is 27.4 Å². The van der Waals surface area contributed by atoms with Crippen molar-refractivity contribution in [1.29, 1.82) is 0 Å². The number of benzene rings is 2. The molecule has 2 rings (SSSR count). The molecule has 140 valence electrons. The van der Waals surface area contributed by atoms with Gasteiger partial charge in [0.2, 0.25) is 15.9 Å². The average molecular weight is 383 g/mol. The van der Waals surface area contributed by atoms with Gasteiger partial charge in [0, 0.05) is 25.6 Å². The average Bonchev–Trinajstić information content (AvgIpc) is 2.56. The molecule has 0 radical (unpaired) electrons. The number of primary sulfonamides is 1. The summed E-state index contributed by atoms with van der Waals surface area (Å²) in [7, 11) is -3.72. The van der Waals surface area contributed by atoms with Crippen LogP contribution in [0.25, 0.3) is 0 Å². The van der Waals surface area contributed by atoms with Crippen LogP contribution in [0.15, 0.2) is 47.4 Å². The third-order valence-electron chi connectivity index (χ3n) is 3.59. The molecule has 2 aromatic rings. The van der Waals surface area contributed by atoms with E-state index in [1.54, 1.807) is 12.1 Å². The first kappa shape index (κ1) is 19.8. The van der Waals surface area contributed by atoms with Crippen LogP contribution in [-0.2, 0) is 21.2 Å². The van der Waals surface area contributed by atoms with Gasteiger partial charge < -0.3 is 10.6 Å². The van der Waals surface area contributed by atoms with E-state index in [-0.39, 0.29) is 29.5 Å². The summed E-state index contributed by atoms with van der Waals surface area (Å²) in [5, 5.41) is 10.5. The molecule has 2 aromatic carbocycles. The fourth-order valence-corrected chi connectivity index (χ4v) is 2.74. The van der Waals surface area contributed by atoms with Gasteiger partial charge >= 0.3 is 0 Å². The molecular weight excluding hydrogens is 364 g/mol. The van der Waals surface area contributed by atoms with Crippen molar-refractivity contribution in [1.82, 2.24) is 5.32 Å². The van der Waals surface area contributed by atoms with Gasteiger partial charge in [-0.25, -0.2) is 22.3 Å². The van der Waals surface area contributed by atoms with Crippen molar-refractivity contribution in [3.63, 3.8) is 0 Å². The number of carbonyl (C=O) groups excluding carboxylic acids is 1. The molecule has 0 saturated heterocycles. The Morgan fingerprint density at radius 2 is 1.73 bits per heavy atom. The molecule has 0 spiro atoms. The topological polar surface area (TPSA) is 101 Å². The van der Waals surface area contributed by atoms with E-state index in [1.165, 1.54) is 18.2 Å². The molecule has 0 heterocycles. The zero-order valence-corrected chi connectivity index (χ0v) is 14.7. The molecule has 1 amide bonds. The summed E-state index contributed by atoms with van der Waals surface area (Å²) in [5.41, 5.74) is 0.985. The van der Waals surface area contributed by atoms with Crippen LogP contribution in [0.1, 0.15) is 12.0 Å². The molecule has 0 aromatic heterocycles. The summed E-state index contributed by atoms with van der Waals surface area (Å²) in [4.78, 5) is 11.8. The van der Waals surface area contributed by atoms with Crippen LogP contribution >= 0.6 is 0 Å². The Labute approximate surface area is 150 Å². The van der Waals surface area contributed by atoms with Crippen molar-refractivity contribution in [2.75, 3.05) is 18.4 Å². The van der Waals surface area contributed by atoms with Crippen molar-refractivity contribution in [2.45, 2.75) is 17.7 Å². The summed E-state index contributed by atoms with van der Waals surface area (Å²) in [6.45, 7) is 0.579. The van der Waals surface area contributed by atoms with Crippen LogP contribution < -0.4 is 15.8 Å². The number of amides is 1. The Hall–Kier alpha value is -2.52. The highest BCUT2D eigenvalue weighted by Crippen LogP contribution is 2.14. The fourth-order valence-electron chi connectivity index (χ4n) is 2.22. The van der Waals surface area contributed by atoms with Crippen LogP contribution in [0.3, 0.4) is 0 Å². The Morgan fingerprint density at radius 3 is 2.35 bits per heavy atom. The van der Waals surface area contributed by atoms with E-state index in [0.29, 0.717) is 13.0 Å². The first-order chi connectivity index (χ1) is 12.3. The number of hydrogen-bond acceptors (Lipinski definition) is 4. The Kier molecular flexibility index (Phi) is 6.64. The van der Waals surface area contributed by atoms with Crippen molar-refractivity contribution in [3.8, 4) is 0 Å². The van der Waals surface area contributed by atoms with Crippen molar-refractivity contribution in [2.24, 2.45) is 5.14 Å². The monoisotopic (exact) mass is 383 g/mol. The summed E-state index contributed by atoms with van der Waals surface area (Å²) < 4.78 is 48.5. The van der Waals surface area contributed by atoms with Gasteiger partial charge in [-0.15, -0.1) is 0 Å². The number of anilines is 1. The van der Waals surface area contributed by atoms with E-state index in [0.717, 1.165) is 17.7 Å². The lowest BCUT2D eigenvalue weighted by Crippen LogP contribution is -2.27. The second kappa shape index (κ2) is 8.72. The molecule has 9 heteroatoms. The number of nitrogens with one attached hydrogen (secondary N) is 2. The first-order valence-corrected chi connectivity index (χ1v) is 9.38. The zero-order valence-electron chi connectivity index (χ0n) is 13.8. The summed E-state index contributed by atoms with van der Waals surface area (Å²) >= 11 is 0. The van der Waals surface area contributed by atoms with E-state index in [2.05, 4.69) is 10.6 Å². The number of hydrogen-bond donors (Lipinski definition) is 3. The third kappa shape index (κ3) is 6.08. The van der Waals surface area contributed by atoms with Gasteiger partial charge in [-0.3, -0.25) is 4.79 Å². The van der Waals surface area contributed by atoms with Gasteiger partial charge in [0.25, 0.3) is 0 Å². The molecule has 6 nitrogen and oxygen atoms in total. The molecule has 0 fully saturated rings. The highest BCUT2D eigenvalue weighted by molar-refractivity contribution is 7.89. The maximum atomic E-state index is 13.4. The highest BCUT2D eigenvalue weighted by atomic mass is 32.2. The largest absolute Gasteiger partial charge is 0.382 e. The second-order valence-electron chi connectivity index (χ2n) is 5.59. The maximum Gasteiger partial charge on any atom is 0.238 e. The Morgan fingerprint density at radius 1 is 1.04 bits per heavy atom. The van der Waals surface area contributed by atoms with Crippen LogP contribution in [0.5, 0.6) is 0 Å². The molecule has 0 bridgehead atoms. The standard InChI is InChI=1S/C17H19F2N3O3S/c18-13-3-6-16(15(19)11-13)21-10-8-17(23)22-9-7-12-1-4-14(5-2-12)26(20,24)25/h1-6,11,21H,7-10H2,(H,22,23)(H2,20,24,25). The number of rotatable bonds is 8. The second-order valence-corrected chi connectivity index (χ2v) is 7.15. The highest BCUT2D eigenvalue weighted by Gasteiger charge is 2.07. The smallest absolute Gasteiger partial charge is 0.238 e. The first-order valence-electron chi connectivity index (χ1n) is 7.83. The zero-order chi connectivity index (χ0) is 19.2. The molecule has 0 atom stereocenters. The number of carbonyl (C=O) groups is 1. The maximum absolute atomic E-state index is 13.4. The molecule has 0 aliphatic heterocycles. The van der Waals surface area contributed by atoms with Crippen molar-refractivity contribution < 1.29 is 22.0 Å². The molecule has 4 N–H and O–H groups in total. The minimum absolute atomic E-state index is 0.0318. The normalized spacial score (nSPS) is 11.2. The molecular formula is C17H19F2N3O3S. The fraction of sp³-hybridized carbons (Fsp3) is 0.235. The molecule has 0 unspecified atom stereocenters. The van der Waals surface area contributed by atoms with Gasteiger partial charge in [-0.2, -0.15) is 0 Å². The molecule has 26 heavy (non-hydrogen) atoms. The summed E-state index contributed by atoms with van der Waals surface area (Å²) in [6.07, 6.45) is 0.651. The van der Waals surface area contributed by atoms with Crippen molar-refractivity contribution >= 4 is 21.6 Å². The minimum atomic E-state index is -3.72. The third-order valence-corrected chi connectivity index (χ3v) is 4.52.